The van der Waals surface area contributed by atoms with Gasteiger partial charge in [0, 0.05) is 12.6 Å². The van der Waals surface area contributed by atoms with E-state index in [0.717, 1.165) is 30.4 Å². The smallest absolute Gasteiger partial charge is 0.243 e. The minimum Gasteiger partial charge on any atom is -0.253 e. The normalized spacial score (nSPS) is 19.9. The molecule has 0 amide bonds. The van der Waals surface area contributed by atoms with Gasteiger partial charge in [-0.3, -0.25) is 4.68 Å². The lowest BCUT2D eigenvalue weighted by atomic mass is 10.0. The minimum absolute atomic E-state index is 0.116. The first-order valence-corrected chi connectivity index (χ1v) is 11.6. The third-order valence-electron chi connectivity index (χ3n) is 5.68. The van der Waals surface area contributed by atoms with E-state index in [4.69, 9.17) is 0 Å². The highest BCUT2D eigenvalue weighted by molar-refractivity contribution is 7.89. The van der Waals surface area contributed by atoms with Gasteiger partial charge in [0.05, 0.1) is 10.9 Å². The number of nitrogens with zero attached hydrogens (tertiary/aromatic N) is 4. The zero-order chi connectivity index (χ0) is 21.1. The second-order valence-corrected chi connectivity index (χ2v) is 9.59. The molecule has 1 aromatic heterocycles. The van der Waals surface area contributed by atoms with Crippen molar-refractivity contribution in [2.45, 2.75) is 56.1 Å². The summed E-state index contributed by atoms with van der Waals surface area (Å²) in [6.07, 6.45) is 6.16. The SMILES string of the molecule is Cc1ccc(S(=O)(=O)N2[C@H](CCCn3cncn3)CC[C@H]2c2ccc(F)cc2)cc1. The molecule has 6 nitrogen and oxygen atoms in total. The van der Waals surface area contributed by atoms with Crippen molar-refractivity contribution >= 4 is 10.0 Å². The maximum atomic E-state index is 13.6. The Hall–Kier alpha value is -2.58. The Morgan fingerprint density at radius 2 is 1.80 bits per heavy atom. The van der Waals surface area contributed by atoms with Crippen molar-refractivity contribution in [2.75, 3.05) is 0 Å². The molecule has 3 aromatic rings. The summed E-state index contributed by atoms with van der Waals surface area (Å²) < 4.78 is 44.1. The lowest BCUT2D eigenvalue weighted by Crippen LogP contribution is -2.37. The minimum atomic E-state index is -3.69. The Bertz CT molecular complexity index is 1070. The third kappa shape index (κ3) is 4.29. The molecule has 0 bridgehead atoms. The summed E-state index contributed by atoms with van der Waals surface area (Å²) in [6.45, 7) is 2.62. The summed E-state index contributed by atoms with van der Waals surface area (Å²) in [4.78, 5) is 4.24. The molecular weight excluding hydrogens is 403 g/mol. The predicted molar refractivity (Wildman–Crippen MR) is 112 cm³/mol. The topological polar surface area (TPSA) is 68.1 Å². The van der Waals surface area contributed by atoms with E-state index in [9.17, 15) is 12.8 Å². The average Bonchev–Trinajstić information content (AvgIpc) is 3.39. The summed E-state index contributed by atoms with van der Waals surface area (Å²) >= 11 is 0. The molecule has 1 fully saturated rings. The molecule has 1 aliphatic rings. The van der Waals surface area contributed by atoms with Crippen LogP contribution >= 0.6 is 0 Å². The Morgan fingerprint density at radius 1 is 1.07 bits per heavy atom. The van der Waals surface area contributed by atoms with Crippen molar-refractivity contribution in [2.24, 2.45) is 0 Å². The molecule has 0 radical (unpaired) electrons. The molecular formula is C22H25FN4O2S. The van der Waals surface area contributed by atoms with E-state index < -0.39 is 10.0 Å². The van der Waals surface area contributed by atoms with E-state index in [1.165, 1.54) is 18.5 Å². The largest absolute Gasteiger partial charge is 0.253 e. The zero-order valence-electron chi connectivity index (χ0n) is 16.9. The molecule has 4 rings (SSSR count). The van der Waals surface area contributed by atoms with Crippen LogP contribution in [-0.4, -0.2) is 33.5 Å². The first-order chi connectivity index (χ1) is 14.4. The van der Waals surface area contributed by atoms with Crippen LogP contribution in [0.25, 0.3) is 0 Å². The molecule has 8 heteroatoms. The fourth-order valence-corrected chi connectivity index (χ4v) is 6.05. The predicted octanol–water partition coefficient (Wildman–Crippen LogP) is 4.10. The van der Waals surface area contributed by atoms with Gasteiger partial charge in [0.2, 0.25) is 10.0 Å². The number of aromatic nitrogens is 3. The van der Waals surface area contributed by atoms with Crippen LogP contribution in [0.15, 0.2) is 66.1 Å². The number of halogens is 1. The quantitative estimate of drug-likeness (QED) is 0.568. The second kappa shape index (κ2) is 8.65. The van der Waals surface area contributed by atoms with Crippen molar-refractivity contribution in [3.63, 3.8) is 0 Å². The molecule has 158 valence electrons. The number of hydrogen-bond acceptors (Lipinski definition) is 4. The lowest BCUT2D eigenvalue weighted by Gasteiger charge is -2.30. The van der Waals surface area contributed by atoms with Crippen LogP contribution in [0.2, 0.25) is 0 Å². The van der Waals surface area contributed by atoms with E-state index in [2.05, 4.69) is 10.1 Å². The fourth-order valence-electron chi connectivity index (χ4n) is 4.16. The van der Waals surface area contributed by atoms with Crippen molar-refractivity contribution in [1.29, 1.82) is 0 Å². The molecule has 0 unspecified atom stereocenters. The van der Waals surface area contributed by atoms with Gasteiger partial charge in [-0.15, -0.1) is 0 Å². The van der Waals surface area contributed by atoms with Crippen molar-refractivity contribution in [3.05, 3.63) is 78.1 Å². The number of hydrogen-bond donors (Lipinski definition) is 0. The van der Waals surface area contributed by atoms with Crippen LogP contribution in [0.1, 0.15) is 42.9 Å². The van der Waals surface area contributed by atoms with E-state index in [0.29, 0.717) is 17.9 Å². The molecule has 2 atom stereocenters. The van der Waals surface area contributed by atoms with E-state index in [1.807, 2.05) is 19.1 Å². The Balaban J connectivity index is 1.62. The lowest BCUT2D eigenvalue weighted by molar-refractivity contribution is 0.304. The van der Waals surface area contributed by atoms with Crippen LogP contribution in [0.4, 0.5) is 4.39 Å². The van der Waals surface area contributed by atoms with Crippen LogP contribution < -0.4 is 0 Å². The van der Waals surface area contributed by atoms with Gasteiger partial charge < -0.3 is 0 Å². The van der Waals surface area contributed by atoms with Crippen molar-refractivity contribution < 1.29 is 12.8 Å². The Kier molecular flexibility index (Phi) is 5.97. The van der Waals surface area contributed by atoms with Crippen molar-refractivity contribution in [1.82, 2.24) is 19.1 Å². The molecule has 1 aliphatic heterocycles. The number of benzene rings is 2. The number of rotatable bonds is 7. The van der Waals surface area contributed by atoms with Gasteiger partial charge >= 0.3 is 0 Å². The van der Waals surface area contributed by atoms with Gasteiger partial charge in [0.1, 0.15) is 18.5 Å². The van der Waals surface area contributed by atoms with E-state index >= 15 is 0 Å². The molecule has 0 aliphatic carbocycles. The maximum absolute atomic E-state index is 13.6. The van der Waals surface area contributed by atoms with Crippen LogP contribution in [0.5, 0.6) is 0 Å². The Labute approximate surface area is 176 Å². The molecule has 2 aromatic carbocycles. The zero-order valence-corrected chi connectivity index (χ0v) is 17.7. The second-order valence-electron chi connectivity index (χ2n) is 7.75. The summed E-state index contributed by atoms with van der Waals surface area (Å²) in [5.41, 5.74) is 1.83. The fraction of sp³-hybridized carbons (Fsp3) is 0.364. The van der Waals surface area contributed by atoms with Crippen LogP contribution in [0, 0.1) is 12.7 Å². The number of sulfonamides is 1. The maximum Gasteiger partial charge on any atom is 0.243 e. The summed E-state index contributed by atoms with van der Waals surface area (Å²) in [5, 5.41) is 4.11. The van der Waals surface area contributed by atoms with Crippen molar-refractivity contribution in [3.8, 4) is 0 Å². The van der Waals surface area contributed by atoms with E-state index in [-0.39, 0.29) is 17.9 Å². The monoisotopic (exact) mass is 428 g/mol. The van der Waals surface area contributed by atoms with E-state index in [1.54, 1.807) is 39.6 Å². The molecule has 30 heavy (non-hydrogen) atoms. The van der Waals surface area contributed by atoms with Gasteiger partial charge in [0.15, 0.2) is 0 Å². The molecule has 0 spiro atoms. The highest BCUT2D eigenvalue weighted by Gasteiger charge is 2.42. The summed E-state index contributed by atoms with van der Waals surface area (Å²) in [6, 6.07) is 12.7. The molecule has 0 saturated carbocycles. The highest BCUT2D eigenvalue weighted by Crippen LogP contribution is 2.42. The third-order valence-corrected chi connectivity index (χ3v) is 7.66. The molecule has 2 heterocycles. The molecule has 0 N–H and O–H groups in total. The highest BCUT2D eigenvalue weighted by atomic mass is 32.2. The van der Waals surface area contributed by atoms with Gasteiger partial charge in [-0.2, -0.15) is 9.40 Å². The van der Waals surface area contributed by atoms with Crippen LogP contribution in [-0.2, 0) is 16.6 Å². The standard InChI is InChI=1S/C22H25FN4O2S/c1-17-4-11-21(12-5-17)30(28,29)27-20(3-2-14-26-16-24-15-25-26)10-13-22(27)18-6-8-19(23)9-7-18/h4-9,11-12,15-16,20,22H,2-3,10,13-14H2,1H3/t20-,22+/m1/s1. The van der Waals surface area contributed by atoms with Gasteiger partial charge in [-0.25, -0.2) is 17.8 Å². The first kappa shape index (κ1) is 20.7. The Morgan fingerprint density at radius 3 is 2.47 bits per heavy atom. The first-order valence-electron chi connectivity index (χ1n) is 10.1. The summed E-state index contributed by atoms with van der Waals surface area (Å²) in [7, 11) is -3.69. The van der Waals surface area contributed by atoms with Gasteiger partial charge in [-0.1, -0.05) is 29.8 Å². The van der Waals surface area contributed by atoms with Crippen LogP contribution in [0.3, 0.4) is 0 Å². The van der Waals surface area contributed by atoms with Gasteiger partial charge in [-0.05, 0) is 62.4 Å². The van der Waals surface area contributed by atoms with Gasteiger partial charge in [0.25, 0.3) is 0 Å². The summed E-state index contributed by atoms with van der Waals surface area (Å²) in [5.74, 6) is -0.325. The molecule has 1 saturated heterocycles. The average molecular weight is 429 g/mol. The number of aryl methyl sites for hydroxylation is 2.